The van der Waals surface area contributed by atoms with Crippen LogP contribution in [-0.2, 0) is 0 Å². The van der Waals surface area contributed by atoms with E-state index in [1.165, 1.54) is 33.0 Å². The van der Waals surface area contributed by atoms with E-state index in [1.54, 1.807) is 0 Å². The van der Waals surface area contributed by atoms with E-state index in [0.717, 1.165) is 0 Å². The maximum absolute atomic E-state index is 3.86. The quantitative estimate of drug-likeness (QED) is 0.511. The van der Waals surface area contributed by atoms with E-state index in [0.29, 0.717) is 0 Å². The van der Waals surface area contributed by atoms with Crippen molar-refractivity contribution in [2.24, 2.45) is 0 Å². The van der Waals surface area contributed by atoms with Gasteiger partial charge in [-0.25, -0.2) is 0 Å². The van der Waals surface area contributed by atoms with Gasteiger partial charge in [0.05, 0.1) is 4.83 Å². The predicted octanol–water partition coefficient (Wildman–Crippen LogP) is 5.94. The number of aryl methyl sites for hydroxylation is 2. The number of hydrogen-bond acceptors (Lipinski definition) is 0. The molecule has 20 heavy (non-hydrogen) atoms. The first kappa shape index (κ1) is 13.4. The monoisotopic (exact) mass is 324 g/mol. The molecule has 3 rings (SSSR count). The summed E-state index contributed by atoms with van der Waals surface area (Å²) in [6, 6.07) is 21.8. The largest absolute Gasteiger partial charge is 0.0786 e. The molecule has 0 saturated heterocycles. The van der Waals surface area contributed by atoms with Crippen molar-refractivity contribution in [2.45, 2.75) is 18.7 Å². The van der Waals surface area contributed by atoms with Gasteiger partial charge in [-0.3, -0.25) is 0 Å². The molecular weight excluding hydrogens is 308 g/mol. The van der Waals surface area contributed by atoms with Crippen molar-refractivity contribution in [3.8, 4) is 0 Å². The molecule has 0 N–H and O–H groups in total. The number of fused-ring (bicyclic) bond motifs is 1. The molecule has 0 nitrogen and oxygen atoms in total. The van der Waals surface area contributed by atoms with Crippen LogP contribution < -0.4 is 0 Å². The summed E-state index contributed by atoms with van der Waals surface area (Å²) in [4.78, 5) is 0.243. The molecule has 0 heterocycles. The van der Waals surface area contributed by atoms with E-state index >= 15 is 0 Å². The van der Waals surface area contributed by atoms with Gasteiger partial charge in [0, 0.05) is 0 Å². The van der Waals surface area contributed by atoms with Crippen molar-refractivity contribution in [2.75, 3.05) is 0 Å². The van der Waals surface area contributed by atoms with Gasteiger partial charge in [-0.2, -0.15) is 0 Å². The topological polar surface area (TPSA) is 0 Å². The lowest BCUT2D eigenvalue weighted by molar-refractivity contribution is 1.14. The Morgan fingerprint density at radius 2 is 1.55 bits per heavy atom. The van der Waals surface area contributed by atoms with E-state index in [1.807, 2.05) is 0 Å². The number of benzene rings is 3. The first-order valence-corrected chi connectivity index (χ1v) is 7.76. The molecule has 100 valence electrons. The zero-order valence-corrected chi connectivity index (χ0v) is 13.3. The van der Waals surface area contributed by atoms with Crippen molar-refractivity contribution in [3.63, 3.8) is 0 Å². The number of alkyl halides is 1. The molecule has 0 aliphatic rings. The van der Waals surface area contributed by atoms with Crippen LogP contribution in [0.1, 0.15) is 27.1 Å². The molecule has 0 aliphatic carbocycles. The first-order valence-electron chi connectivity index (χ1n) is 6.85. The van der Waals surface area contributed by atoms with Crippen molar-refractivity contribution < 1.29 is 0 Å². The summed E-state index contributed by atoms with van der Waals surface area (Å²) in [5.74, 6) is 0. The molecule has 3 aromatic rings. The Morgan fingerprint density at radius 1 is 0.800 bits per heavy atom. The molecular formula is C19H17Br. The lowest BCUT2D eigenvalue weighted by atomic mass is 9.97. The molecule has 0 bridgehead atoms. The van der Waals surface area contributed by atoms with Crippen molar-refractivity contribution >= 4 is 26.7 Å². The minimum absolute atomic E-state index is 0.243. The molecule has 0 saturated carbocycles. The highest BCUT2D eigenvalue weighted by Gasteiger charge is 2.13. The maximum Gasteiger partial charge on any atom is 0.0647 e. The Labute approximate surface area is 128 Å². The highest BCUT2D eigenvalue weighted by molar-refractivity contribution is 9.09. The molecule has 1 atom stereocenters. The third-order valence-corrected chi connectivity index (χ3v) is 4.79. The lowest BCUT2D eigenvalue weighted by Crippen LogP contribution is -1.96. The minimum Gasteiger partial charge on any atom is -0.0786 e. The summed E-state index contributed by atoms with van der Waals surface area (Å²) < 4.78 is 0. The maximum atomic E-state index is 3.86. The summed E-state index contributed by atoms with van der Waals surface area (Å²) >= 11 is 3.86. The average Bonchev–Trinajstić information content (AvgIpc) is 2.46. The lowest BCUT2D eigenvalue weighted by Gasteiger charge is -2.15. The van der Waals surface area contributed by atoms with Gasteiger partial charge < -0.3 is 0 Å². The van der Waals surface area contributed by atoms with E-state index in [2.05, 4.69) is 90.4 Å². The molecule has 0 amide bonds. The number of rotatable bonds is 2. The fourth-order valence-corrected chi connectivity index (χ4v) is 3.45. The fourth-order valence-electron chi connectivity index (χ4n) is 2.65. The highest BCUT2D eigenvalue weighted by atomic mass is 79.9. The second-order valence-corrected chi connectivity index (χ2v) is 6.24. The zero-order chi connectivity index (χ0) is 14.1. The van der Waals surface area contributed by atoms with E-state index in [-0.39, 0.29) is 4.83 Å². The standard InChI is InChI=1S/C19H17Br/c1-13-7-10-18(14(2)11-13)19(20)17-9-8-15-5-3-4-6-16(15)12-17/h3-12,19H,1-2H3. The minimum atomic E-state index is 0.243. The van der Waals surface area contributed by atoms with Gasteiger partial charge in [0.25, 0.3) is 0 Å². The van der Waals surface area contributed by atoms with Crippen molar-refractivity contribution in [3.05, 3.63) is 82.9 Å². The summed E-state index contributed by atoms with van der Waals surface area (Å²) in [6.07, 6.45) is 0. The molecule has 0 radical (unpaired) electrons. The van der Waals surface area contributed by atoms with E-state index in [9.17, 15) is 0 Å². The van der Waals surface area contributed by atoms with Gasteiger partial charge in [0.15, 0.2) is 0 Å². The van der Waals surface area contributed by atoms with Crippen LogP contribution >= 0.6 is 15.9 Å². The average molecular weight is 325 g/mol. The molecule has 1 heteroatoms. The Hall–Kier alpha value is -1.60. The molecule has 0 fully saturated rings. The van der Waals surface area contributed by atoms with Crippen LogP contribution in [0.2, 0.25) is 0 Å². The second kappa shape index (κ2) is 5.41. The van der Waals surface area contributed by atoms with Crippen LogP contribution in [0.4, 0.5) is 0 Å². The van der Waals surface area contributed by atoms with Crippen molar-refractivity contribution in [1.29, 1.82) is 0 Å². The van der Waals surface area contributed by atoms with Crippen molar-refractivity contribution in [1.82, 2.24) is 0 Å². The molecule has 1 unspecified atom stereocenters. The fraction of sp³-hybridized carbons (Fsp3) is 0.158. The van der Waals surface area contributed by atoms with Gasteiger partial charge in [0.2, 0.25) is 0 Å². The highest BCUT2D eigenvalue weighted by Crippen LogP contribution is 2.34. The summed E-state index contributed by atoms with van der Waals surface area (Å²) in [6.45, 7) is 4.31. The Balaban J connectivity index is 2.05. The molecule has 0 aliphatic heterocycles. The molecule has 0 aromatic heterocycles. The van der Waals surface area contributed by atoms with Gasteiger partial charge in [-0.05, 0) is 47.4 Å². The second-order valence-electron chi connectivity index (χ2n) is 5.33. The number of hydrogen-bond donors (Lipinski definition) is 0. The molecule has 0 spiro atoms. The van der Waals surface area contributed by atoms with E-state index in [4.69, 9.17) is 0 Å². The van der Waals surface area contributed by atoms with E-state index < -0.39 is 0 Å². The van der Waals surface area contributed by atoms with Gasteiger partial charge in [-0.15, -0.1) is 0 Å². The zero-order valence-electron chi connectivity index (χ0n) is 11.7. The summed E-state index contributed by atoms with van der Waals surface area (Å²) in [5, 5.41) is 2.58. The number of halogens is 1. The van der Waals surface area contributed by atoms with Crippen LogP contribution in [-0.4, -0.2) is 0 Å². The third kappa shape index (κ3) is 2.51. The van der Waals surface area contributed by atoms with Crippen LogP contribution in [0.3, 0.4) is 0 Å². The van der Waals surface area contributed by atoms with Crippen LogP contribution in [0.25, 0.3) is 10.8 Å². The Bertz CT molecular complexity index is 759. The SMILES string of the molecule is Cc1ccc(C(Br)c2ccc3ccccc3c2)c(C)c1. The Kier molecular flexibility index (Phi) is 3.62. The summed E-state index contributed by atoms with van der Waals surface area (Å²) in [7, 11) is 0. The third-order valence-electron chi connectivity index (χ3n) is 3.76. The normalized spacial score (nSPS) is 12.6. The smallest absolute Gasteiger partial charge is 0.0647 e. The predicted molar refractivity (Wildman–Crippen MR) is 90.6 cm³/mol. The van der Waals surface area contributed by atoms with Crippen LogP contribution in [0, 0.1) is 13.8 Å². The Morgan fingerprint density at radius 3 is 2.30 bits per heavy atom. The van der Waals surface area contributed by atoms with Crippen LogP contribution in [0.5, 0.6) is 0 Å². The van der Waals surface area contributed by atoms with Gasteiger partial charge >= 0.3 is 0 Å². The van der Waals surface area contributed by atoms with Gasteiger partial charge in [0.1, 0.15) is 0 Å². The first-order chi connectivity index (χ1) is 9.65. The summed E-state index contributed by atoms with van der Waals surface area (Å²) in [5.41, 5.74) is 5.28. The molecule has 3 aromatic carbocycles. The van der Waals surface area contributed by atoms with Crippen LogP contribution in [0.15, 0.2) is 60.7 Å². The van der Waals surface area contributed by atoms with Gasteiger partial charge in [-0.1, -0.05) is 76.1 Å².